The summed E-state index contributed by atoms with van der Waals surface area (Å²) >= 11 is 0. The topological polar surface area (TPSA) is 144 Å². The second-order valence-corrected chi connectivity index (χ2v) is 17.9. The molecule has 0 aromatic heterocycles. The summed E-state index contributed by atoms with van der Waals surface area (Å²) in [6, 6.07) is 0.497. The Morgan fingerprint density at radius 3 is 2.16 bits per heavy atom. The van der Waals surface area contributed by atoms with Gasteiger partial charge in [0.15, 0.2) is 0 Å². The van der Waals surface area contributed by atoms with Crippen LogP contribution < -0.4 is 22.1 Å². The molecule has 0 aliphatic carbocycles. The summed E-state index contributed by atoms with van der Waals surface area (Å²) in [7, 11) is 0. The molecule has 5 fully saturated rings. The summed E-state index contributed by atoms with van der Waals surface area (Å²) in [6.45, 7) is 7.72. The van der Waals surface area contributed by atoms with E-state index in [1.54, 1.807) is 0 Å². The molecule has 6 N–H and O–H groups in total. The van der Waals surface area contributed by atoms with Crippen molar-refractivity contribution in [1.82, 2.24) is 20.4 Å². The highest BCUT2D eigenvalue weighted by Crippen LogP contribution is 2.50. The van der Waals surface area contributed by atoms with Crippen LogP contribution in [0.15, 0.2) is 12.2 Å². The number of allylic oxidation sites excluding steroid dienone is 1. The van der Waals surface area contributed by atoms with E-state index in [-0.39, 0.29) is 48.1 Å². The number of nitrogens with two attached hydrogens (primary N) is 2. The highest BCUT2D eigenvalue weighted by molar-refractivity contribution is 5.76. The van der Waals surface area contributed by atoms with Crippen LogP contribution in [0.25, 0.3) is 0 Å². The number of hydrogen-bond acceptors (Lipinski definition) is 10. The Morgan fingerprint density at radius 1 is 0.804 bits per heavy atom. The van der Waals surface area contributed by atoms with Crippen molar-refractivity contribution in [1.29, 1.82) is 0 Å². The number of carbonyl (C=O) groups is 2. The molecule has 5 heterocycles. The van der Waals surface area contributed by atoms with E-state index in [2.05, 4.69) is 41.5 Å². The Balaban J connectivity index is 0.927. The molecular weight excluding hydrogens is 705 g/mol. The number of nitrogens with zero attached hydrogens (tertiary/aromatic N) is 2. The van der Waals surface area contributed by atoms with Crippen LogP contribution in [0.5, 0.6) is 0 Å². The highest BCUT2D eigenvalue weighted by Gasteiger charge is 2.64. The molecule has 5 aliphatic rings. The molecule has 1 amide bonds. The molecular formula is C45H82N6O5. The first-order valence-electron chi connectivity index (χ1n) is 23.5. The van der Waals surface area contributed by atoms with E-state index in [4.69, 9.17) is 25.7 Å². The van der Waals surface area contributed by atoms with Crippen LogP contribution in [0.4, 0.5) is 0 Å². The van der Waals surface area contributed by atoms with Gasteiger partial charge in [0.05, 0.1) is 18.8 Å². The molecule has 5 saturated heterocycles. The lowest BCUT2D eigenvalue weighted by Crippen LogP contribution is -2.81. The maximum absolute atomic E-state index is 14.0. The Hall–Kier alpha value is -1.60. The number of nitrogens with one attached hydrogen (secondary N) is 2. The lowest BCUT2D eigenvalue weighted by Gasteiger charge is -2.60. The standard InChI is InChI=1S/C45H82N6O5/c1-3-4-23-38-27-29-44(56-38)35-37-25-26-39-41(45(28-20-22-36(2)55-45)49-43(48-44)51(37)39)42(53)54-34-19-15-13-11-9-7-5-6-8-10-12-14-16-24-40(52)50(33-21-31-47)32-18-17-30-46/h4,23,36-39,41,43,48-49H,3,5-22,24-35,46-47H2,1-2H3. The van der Waals surface area contributed by atoms with Gasteiger partial charge in [-0.1, -0.05) is 89.7 Å². The van der Waals surface area contributed by atoms with Crippen molar-refractivity contribution in [3.05, 3.63) is 12.2 Å². The predicted octanol–water partition coefficient (Wildman–Crippen LogP) is 7.36. The molecule has 0 saturated carbocycles. The first-order valence-corrected chi connectivity index (χ1v) is 23.5. The summed E-state index contributed by atoms with van der Waals surface area (Å²) < 4.78 is 19.6. The van der Waals surface area contributed by atoms with Gasteiger partial charge >= 0.3 is 5.97 Å². The lowest BCUT2D eigenvalue weighted by molar-refractivity contribution is -0.250. The van der Waals surface area contributed by atoms with Crippen LogP contribution in [0.3, 0.4) is 0 Å². The largest absolute Gasteiger partial charge is 0.465 e. The molecule has 0 radical (unpaired) electrons. The number of unbranched alkanes of at least 4 members (excludes halogenated alkanes) is 13. The molecule has 8 unspecified atom stereocenters. The Morgan fingerprint density at radius 2 is 1.48 bits per heavy atom. The van der Waals surface area contributed by atoms with E-state index in [0.717, 1.165) is 116 Å². The summed E-state index contributed by atoms with van der Waals surface area (Å²) in [5, 5.41) is 7.80. The zero-order chi connectivity index (χ0) is 39.6. The van der Waals surface area contributed by atoms with E-state index in [1.807, 2.05) is 4.90 Å². The molecule has 322 valence electrons. The fraction of sp³-hybridized carbons (Fsp3) is 0.911. The Labute approximate surface area is 340 Å². The maximum atomic E-state index is 14.0. The summed E-state index contributed by atoms with van der Waals surface area (Å²) in [5.41, 5.74) is 10.3. The Bertz CT molecular complexity index is 1190. The van der Waals surface area contributed by atoms with Crippen molar-refractivity contribution in [3.8, 4) is 0 Å². The van der Waals surface area contributed by atoms with E-state index < -0.39 is 5.72 Å². The number of ether oxygens (including phenoxy) is 3. The van der Waals surface area contributed by atoms with Gasteiger partial charge in [-0.25, -0.2) is 0 Å². The van der Waals surface area contributed by atoms with E-state index in [9.17, 15) is 9.59 Å². The van der Waals surface area contributed by atoms with Gasteiger partial charge in [-0.2, -0.15) is 0 Å². The lowest BCUT2D eigenvalue weighted by atomic mass is 9.79. The van der Waals surface area contributed by atoms with Crippen LogP contribution in [-0.2, 0) is 23.8 Å². The van der Waals surface area contributed by atoms with Gasteiger partial charge in [0.2, 0.25) is 5.91 Å². The third-order valence-electron chi connectivity index (χ3n) is 13.4. The van der Waals surface area contributed by atoms with Gasteiger partial charge in [0.1, 0.15) is 23.7 Å². The van der Waals surface area contributed by atoms with Gasteiger partial charge < -0.3 is 30.6 Å². The first kappa shape index (κ1) is 45.5. The van der Waals surface area contributed by atoms with Gasteiger partial charge in [-0.05, 0) is 103 Å². The minimum absolute atomic E-state index is 0.0708. The van der Waals surface area contributed by atoms with Gasteiger partial charge in [-0.15, -0.1) is 0 Å². The highest BCUT2D eigenvalue weighted by atomic mass is 16.6. The fourth-order valence-electron chi connectivity index (χ4n) is 10.5. The molecule has 11 nitrogen and oxygen atoms in total. The summed E-state index contributed by atoms with van der Waals surface area (Å²) in [5.74, 6) is -0.117. The second-order valence-electron chi connectivity index (χ2n) is 17.9. The van der Waals surface area contributed by atoms with E-state index >= 15 is 0 Å². The molecule has 8 atom stereocenters. The average molecular weight is 787 g/mol. The predicted molar refractivity (Wildman–Crippen MR) is 224 cm³/mol. The molecule has 2 spiro atoms. The molecule has 0 aromatic carbocycles. The zero-order valence-corrected chi connectivity index (χ0v) is 35.6. The fourth-order valence-corrected chi connectivity index (χ4v) is 10.5. The van der Waals surface area contributed by atoms with Crippen molar-refractivity contribution >= 4 is 11.9 Å². The number of esters is 1. The molecule has 5 rings (SSSR count). The van der Waals surface area contributed by atoms with Crippen LogP contribution >= 0.6 is 0 Å². The minimum Gasteiger partial charge on any atom is -0.465 e. The van der Waals surface area contributed by atoms with Crippen LogP contribution in [-0.4, -0.2) is 96.5 Å². The smallest absolute Gasteiger partial charge is 0.314 e. The monoisotopic (exact) mass is 787 g/mol. The van der Waals surface area contributed by atoms with Crippen molar-refractivity contribution in [2.45, 2.75) is 223 Å². The maximum Gasteiger partial charge on any atom is 0.314 e. The number of rotatable bonds is 26. The van der Waals surface area contributed by atoms with Crippen LogP contribution in [0.2, 0.25) is 0 Å². The quantitative estimate of drug-likeness (QED) is 0.0399. The van der Waals surface area contributed by atoms with Crippen molar-refractivity contribution in [2.24, 2.45) is 17.4 Å². The number of carbonyl (C=O) groups excluding carboxylic acids is 2. The normalized spacial score (nSPS) is 31.4. The third kappa shape index (κ3) is 12.9. The average Bonchev–Trinajstić information content (AvgIpc) is 3.78. The van der Waals surface area contributed by atoms with Crippen molar-refractivity contribution in [3.63, 3.8) is 0 Å². The SMILES string of the molecule is CCC=CC1CCC2(CC3CCC4C(C(=O)OCCCCCCCCCCCCCCCC(=O)N(CCCN)CCCCN)C5(CCCC(C)O5)NC(N2)N34)O1. The van der Waals surface area contributed by atoms with Crippen LogP contribution in [0.1, 0.15) is 181 Å². The van der Waals surface area contributed by atoms with Crippen LogP contribution in [0, 0.1) is 5.92 Å². The molecule has 0 aromatic rings. The van der Waals surface area contributed by atoms with E-state index in [0.29, 0.717) is 32.2 Å². The van der Waals surface area contributed by atoms with Crippen molar-refractivity contribution < 1.29 is 23.8 Å². The summed E-state index contributed by atoms with van der Waals surface area (Å²) in [4.78, 5) is 31.3. The molecule has 5 aliphatic heterocycles. The van der Waals surface area contributed by atoms with Crippen molar-refractivity contribution in [2.75, 3.05) is 32.8 Å². The second kappa shape index (κ2) is 23.9. The summed E-state index contributed by atoms with van der Waals surface area (Å²) in [6.07, 6.45) is 32.8. The Kier molecular flexibility index (Phi) is 19.4. The third-order valence-corrected chi connectivity index (χ3v) is 13.4. The first-order chi connectivity index (χ1) is 27.3. The zero-order valence-electron chi connectivity index (χ0n) is 35.6. The van der Waals surface area contributed by atoms with Gasteiger partial charge in [0, 0.05) is 38.0 Å². The van der Waals surface area contributed by atoms with E-state index in [1.165, 1.54) is 57.8 Å². The molecule has 56 heavy (non-hydrogen) atoms. The minimum atomic E-state index is -0.710. The van der Waals surface area contributed by atoms with Gasteiger partial charge in [0.25, 0.3) is 0 Å². The number of hydrogen-bond donors (Lipinski definition) is 4. The number of amides is 1. The molecule has 0 bridgehead atoms. The molecule has 11 heteroatoms. The van der Waals surface area contributed by atoms with Gasteiger partial charge in [-0.3, -0.25) is 25.1 Å².